The van der Waals surface area contributed by atoms with Crippen LogP contribution in [0.15, 0.2) is 66.7 Å². The van der Waals surface area contributed by atoms with Gasteiger partial charge >= 0.3 is 0 Å². The molecule has 1 fully saturated rings. The maximum Gasteiger partial charge on any atom is 0.163 e. The van der Waals surface area contributed by atoms with Crippen molar-refractivity contribution in [3.05, 3.63) is 72.3 Å². The molecule has 26 heavy (non-hydrogen) atoms. The van der Waals surface area contributed by atoms with E-state index in [1.807, 2.05) is 24.3 Å². The molecule has 1 saturated heterocycles. The normalized spacial score (nSPS) is 13.8. The minimum atomic E-state index is 0.796. The van der Waals surface area contributed by atoms with Gasteiger partial charge in [0, 0.05) is 38.3 Å². The van der Waals surface area contributed by atoms with Crippen LogP contribution in [0.2, 0.25) is 0 Å². The van der Waals surface area contributed by atoms with Gasteiger partial charge in [-0.15, -0.1) is 0 Å². The smallest absolute Gasteiger partial charge is 0.163 e. The van der Waals surface area contributed by atoms with Crippen LogP contribution >= 0.6 is 0 Å². The molecule has 0 aliphatic carbocycles. The standard InChI is InChI=1S/C22H24N4/c1-25(17-18-10-4-2-5-11-18)20-16-21(26-14-8-9-15-26)24-22(23-20)19-12-6-3-7-13-19/h2-7,10-13,16H,8-9,14-15,17H2,1H3. The minimum Gasteiger partial charge on any atom is -0.356 e. The summed E-state index contributed by atoms with van der Waals surface area (Å²) in [7, 11) is 2.10. The number of hydrogen-bond donors (Lipinski definition) is 0. The van der Waals surface area contributed by atoms with E-state index in [2.05, 4.69) is 59.3 Å². The van der Waals surface area contributed by atoms with E-state index in [4.69, 9.17) is 9.97 Å². The summed E-state index contributed by atoms with van der Waals surface area (Å²) in [5.41, 5.74) is 2.33. The van der Waals surface area contributed by atoms with E-state index in [9.17, 15) is 0 Å². The Morgan fingerprint density at radius 1 is 0.885 bits per heavy atom. The Morgan fingerprint density at radius 3 is 2.23 bits per heavy atom. The van der Waals surface area contributed by atoms with Crippen LogP contribution in [0.4, 0.5) is 11.6 Å². The average Bonchev–Trinajstić information content (AvgIpc) is 3.24. The molecule has 0 bridgehead atoms. The topological polar surface area (TPSA) is 32.3 Å². The van der Waals surface area contributed by atoms with Crippen molar-refractivity contribution >= 4 is 11.6 Å². The lowest BCUT2D eigenvalue weighted by Crippen LogP contribution is -2.22. The Labute approximate surface area is 155 Å². The third-order valence-electron chi connectivity index (χ3n) is 4.81. The molecule has 2 heterocycles. The number of rotatable bonds is 5. The number of hydrogen-bond acceptors (Lipinski definition) is 4. The lowest BCUT2D eigenvalue weighted by atomic mass is 10.2. The fourth-order valence-electron chi connectivity index (χ4n) is 3.38. The first-order valence-electron chi connectivity index (χ1n) is 9.24. The van der Waals surface area contributed by atoms with Crippen molar-refractivity contribution in [2.75, 3.05) is 29.9 Å². The van der Waals surface area contributed by atoms with Gasteiger partial charge in [0.05, 0.1) is 0 Å². The second-order valence-corrected chi connectivity index (χ2v) is 6.81. The van der Waals surface area contributed by atoms with E-state index in [0.29, 0.717) is 0 Å². The van der Waals surface area contributed by atoms with Crippen LogP contribution in [0.3, 0.4) is 0 Å². The van der Waals surface area contributed by atoms with Gasteiger partial charge in [-0.05, 0) is 18.4 Å². The monoisotopic (exact) mass is 344 g/mol. The van der Waals surface area contributed by atoms with Crippen molar-refractivity contribution in [3.63, 3.8) is 0 Å². The first kappa shape index (κ1) is 16.6. The van der Waals surface area contributed by atoms with Crippen LogP contribution in [0.1, 0.15) is 18.4 Å². The van der Waals surface area contributed by atoms with Gasteiger partial charge in [0.25, 0.3) is 0 Å². The highest BCUT2D eigenvalue weighted by Crippen LogP contribution is 2.26. The largest absolute Gasteiger partial charge is 0.356 e. The van der Waals surface area contributed by atoms with Crippen LogP contribution in [0, 0.1) is 0 Å². The molecule has 3 aromatic rings. The summed E-state index contributed by atoms with van der Waals surface area (Å²) in [6.45, 7) is 2.98. The van der Waals surface area contributed by atoms with E-state index in [-0.39, 0.29) is 0 Å². The number of nitrogens with zero attached hydrogens (tertiary/aromatic N) is 4. The SMILES string of the molecule is CN(Cc1ccccc1)c1cc(N2CCCC2)nc(-c2ccccc2)n1. The van der Waals surface area contributed by atoms with Crippen molar-refractivity contribution in [3.8, 4) is 11.4 Å². The van der Waals surface area contributed by atoms with Gasteiger partial charge in [0.15, 0.2) is 5.82 Å². The van der Waals surface area contributed by atoms with E-state index < -0.39 is 0 Å². The molecular weight excluding hydrogens is 320 g/mol. The van der Waals surface area contributed by atoms with Crippen LogP contribution in [-0.4, -0.2) is 30.1 Å². The van der Waals surface area contributed by atoms with Crippen molar-refractivity contribution in [1.29, 1.82) is 0 Å². The molecule has 4 nitrogen and oxygen atoms in total. The van der Waals surface area contributed by atoms with E-state index in [1.165, 1.54) is 18.4 Å². The average molecular weight is 344 g/mol. The zero-order valence-corrected chi connectivity index (χ0v) is 15.2. The molecule has 2 aromatic carbocycles. The lowest BCUT2D eigenvalue weighted by molar-refractivity contribution is 0.878. The first-order chi connectivity index (χ1) is 12.8. The molecular formula is C22H24N4. The highest BCUT2D eigenvalue weighted by molar-refractivity contribution is 5.62. The van der Waals surface area contributed by atoms with Crippen molar-refractivity contribution in [1.82, 2.24) is 9.97 Å². The lowest BCUT2D eigenvalue weighted by Gasteiger charge is -2.23. The van der Waals surface area contributed by atoms with Gasteiger partial charge in [-0.1, -0.05) is 60.7 Å². The van der Waals surface area contributed by atoms with Crippen LogP contribution < -0.4 is 9.80 Å². The Bertz CT molecular complexity index is 843. The molecule has 0 amide bonds. The Balaban J connectivity index is 1.69. The summed E-state index contributed by atoms with van der Waals surface area (Å²) in [4.78, 5) is 14.3. The maximum absolute atomic E-state index is 4.86. The number of aromatic nitrogens is 2. The van der Waals surface area contributed by atoms with Gasteiger partial charge in [0.2, 0.25) is 0 Å². The molecule has 0 N–H and O–H groups in total. The summed E-state index contributed by atoms with van der Waals surface area (Å²) < 4.78 is 0. The Morgan fingerprint density at radius 2 is 1.54 bits per heavy atom. The Hall–Kier alpha value is -2.88. The third-order valence-corrected chi connectivity index (χ3v) is 4.81. The molecule has 1 aliphatic heterocycles. The van der Waals surface area contributed by atoms with Gasteiger partial charge in [-0.25, -0.2) is 9.97 Å². The molecule has 0 spiro atoms. The summed E-state index contributed by atoms with van der Waals surface area (Å²) in [6.07, 6.45) is 2.47. The fourth-order valence-corrected chi connectivity index (χ4v) is 3.38. The molecule has 0 saturated carbocycles. The predicted molar refractivity (Wildman–Crippen MR) is 107 cm³/mol. The fraction of sp³-hybridized carbons (Fsp3) is 0.273. The van der Waals surface area contributed by atoms with Gasteiger partial charge in [0.1, 0.15) is 11.6 Å². The molecule has 0 radical (unpaired) electrons. The highest BCUT2D eigenvalue weighted by atomic mass is 15.2. The summed E-state index contributed by atoms with van der Waals surface area (Å²) >= 11 is 0. The van der Waals surface area contributed by atoms with Crippen molar-refractivity contribution in [2.45, 2.75) is 19.4 Å². The van der Waals surface area contributed by atoms with Gasteiger partial charge in [-0.2, -0.15) is 0 Å². The third kappa shape index (κ3) is 3.69. The van der Waals surface area contributed by atoms with Crippen LogP contribution in [0.25, 0.3) is 11.4 Å². The molecule has 4 rings (SSSR count). The quantitative estimate of drug-likeness (QED) is 0.687. The second kappa shape index (κ2) is 7.56. The van der Waals surface area contributed by atoms with Gasteiger partial charge in [-0.3, -0.25) is 0 Å². The molecule has 4 heteroatoms. The summed E-state index contributed by atoms with van der Waals surface area (Å²) in [6, 6.07) is 22.9. The van der Waals surface area contributed by atoms with Crippen LogP contribution in [-0.2, 0) is 6.54 Å². The summed E-state index contributed by atoms with van der Waals surface area (Å²) in [5, 5.41) is 0. The zero-order chi connectivity index (χ0) is 17.8. The summed E-state index contributed by atoms with van der Waals surface area (Å²) in [5.74, 6) is 2.79. The van der Waals surface area contributed by atoms with E-state index >= 15 is 0 Å². The Kier molecular flexibility index (Phi) is 4.82. The van der Waals surface area contributed by atoms with E-state index in [1.54, 1.807) is 0 Å². The molecule has 1 aromatic heterocycles. The number of anilines is 2. The van der Waals surface area contributed by atoms with E-state index in [0.717, 1.165) is 42.7 Å². The van der Waals surface area contributed by atoms with Gasteiger partial charge < -0.3 is 9.80 Å². The number of benzene rings is 2. The molecule has 0 unspecified atom stereocenters. The van der Waals surface area contributed by atoms with Crippen molar-refractivity contribution < 1.29 is 0 Å². The van der Waals surface area contributed by atoms with Crippen LogP contribution in [0.5, 0.6) is 0 Å². The minimum absolute atomic E-state index is 0.796. The molecule has 0 atom stereocenters. The molecule has 132 valence electrons. The first-order valence-corrected chi connectivity index (χ1v) is 9.24. The maximum atomic E-state index is 4.86. The molecule has 1 aliphatic rings. The zero-order valence-electron chi connectivity index (χ0n) is 15.2. The highest BCUT2D eigenvalue weighted by Gasteiger charge is 2.17. The second-order valence-electron chi connectivity index (χ2n) is 6.81. The van der Waals surface area contributed by atoms with Crippen molar-refractivity contribution in [2.24, 2.45) is 0 Å². The predicted octanol–water partition coefficient (Wildman–Crippen LogP) is 4.38.